The molecule has 0 unspecified atom stereocenters. The van der Waals surface area contributed by atoms with Gasteiger partial charge in [-0.3, -0.25) is 4.79 Å². The zero-order valence-electron chi connectivity index (χ0n) is 11.4. The second-order valence-corrected chi connectivity index (χ2v) is 4.99. The summed E-state index contributed by atoms with van der Waals surface area (Å²) in [5.41, 5.74) is 0.451. The fourth-order valence-electron chi connectivity index (χ4n) is 2.60. The highest BCUT2D eigenvalue weighted by Gasteiger charge is 2.25. The Morgan fingerprint density at radius 1 is 1.42 bits per heavy atom. The number of nitrogens with one attached hydrogen (secondary N) is 1. The Bertz CT molecular complexity index is 430. The molecular formula is C15H21FN2O. The number of halogens is 1. The van der Waals surface area contributed by atoms with Crippen LogP contribution in [0.15, 0.2) is 24.3 Å². The first-order chi connectivity index (χ1) is 9.22. The van der Waals surface area contributed by atoms with E-state index >= 15 is 0 Å². The minimum atomic E-state index is -0.354. The molecule has 1 heterocycles. The van der Waals surface area contributed by atoms with Gasteiger partial charge < -0.3 is 10.2 Å². The lowest BCUT2D eigenvalue weighted by molar-refractivity contribution is 0.0642. The lowest BCUT2D eigenvalue weighted by Crippen LogP contribution is -2.46. The van der Waals surface area contributed by atoms with E-state index in [1.165, 1.54) is 12.1 Å². The molecule has 2 rings (SSSR count). The number of carbonyl (C=O) groups is 1. The van der Waals surface area contributed by atoms with Crippen LogP contribution in [0.5, 0.6) is 0 Å². The van der Waals surface area contributed by atoms with E-state index in [4.69, 9.17) is 0 Å². The van der Waals surface area contributed by atoms with E-state index in [1.54, 1.807) is 12.1 Å². The summed E-state index contributed by atoms with van der Waals surface area (Å²) in [6.45, 7) is 4.69. The second kappa shape index (κ2) is 6.66. The smallest absolute Gasteiger partial charge is 0.254 e. The molecule has 0 aliphatic carbocycles. The Labute approximate surface area is 113 Å². The molecule has 1 saturated heterocycles. The Morgan fingerprint density at radius 2 is 2.16 bits per heavy atom. The molecular weight excluding hydrogens is 243 g/mol. The highest BCUT2D eigenvalue weighted by atomic mass is 19.1. The highest BCUT2D eigenvalue weighted by Crippen LogP contribution is 2.16. The van der Waals surface area contributed by atoms with Crippen molar-refractivity contribution in [2.45, 2.75) is 32.2 Å². The van der Waals surface area contributed by atoms with Gasteiger partial charge in [0.2, 0.25) is 0 Å². The van der Waals surface area contributed by atoms with Gasteiger partial charge in [0.15, 0.2) is 0 Å². The maximum Gasteiger partial charge on any atom is 0.254 e. The average Bonchev–Trinajstić information content (AvgIpc) is 2.45. The van der Waals surface area contributed by atoms with Crippen molar-refractivity contribution >= 4 is 5.91 Å². The zero-order valence-corrected chi connectivity index (χ0v) is 11.4. The van der Waals surface area contributed by atoms with E-state index in [1.807, 2.05) is 4.90 Å². The van der Waals surface area contributed by atoms with Crippen LogP contribution in [-0.2, 0) is 0 Å². The van der Waals surface area contributed by atoms with E-state index in [9.17, 15) is 9.18 Å². The third-order valence-electron chi connectivity index (χ3n) is 3.55. The van der Waals surface area contributed by atoms with E-state index < -0.39 is 0 Å². The molecule has 1 aromatic rings. The molecule has 1 aromatic carbocycles. The fourth-order valence-corrected chi connectivity index (χ4v) is 2.60. The van der Waals surface area contributed by atoms with E-state index in [2.05, 4.69) is 12.2 Å². The van der Waals surface area contributed by atoms with Crippen LogP contribution in [0.4, 0.5) is 4.39 Å². The highest BCUT2D eigenvalue weighted by molar-refractivity contribution is 5.94. The number of benzene rings is 1. The van der Waals surface area contributed by atoms with Gasteiger partial charge in [-0.15, -0.1) is 0 Å². The van der Waals surface area contributed by atoms with Gasteiger partial charge in [-0.05, 0) is 50.6 Å². The SMILES string of the molecule is CCCN(C(=O)c1cccc(F)c1)C1CCNCC1. The van der Waals surface area contributed by atoms with Crippen LogP contribution in [0.2, 0.25) is 0 Å². The van der Waals surface area contributed by atoms with Crippen LogP contribution in [0, 0.1) is 5.82 Å². The van der Waals surface area contributed by atoms with Gasteiger partial charge in [-0.2, -0.15) is 0 Å². The molecule has 0 spiro atoms. The molecule has 3 nitrogen and oxygen atoms in total. The number of hydrogen-bond acceptors (Lipinski definition) is 2. The van der Waals surface area contributed by atoms with Gasteiger partial charge in [-0.1, -0.05) is 13.0 Å². The van der Waals surface area contributed by atoms with Crippen molar-refractivity contribution in [2.24, 2.45) is 0 Å². The van der Waals surface area contributed by atoms with E-state index in [0.29, 0.717) is 5.56 Å². The maximum atomic E-state index is 13.2. The Kier molecular flexibility index (Phi) is 4.91. The minimum absolute atomic E-state index is 0.0479. The number of carbonyl (C=O) groups excluding carboxylic acids is 1. The lowest BCUT2D eigenvalue weighted by atomic mass is 10.0. The molecule has 0 radical (unpaired) electrons. The third-order valence-corrected chi connectivity index (χ3v) is 3.55. The van der Waals surface area contributed by atoms with E-state index in [-0.39, 0.29) is 17.8 Å². The largest absolute Gasteiger partial charge is 0.336 e. The van der Waals surface area contributed by atoms with Gasteiger partial charge >= 0.3 is 0 Å². The van der Waals surface area contributed by atoms with Crippen molar-refractivity contribution in [1.82, 2.24) is 10.2 Å². The molecule has 19 heavy (non-hydrogen) atoms. The molecule has 4 heteroatoms. The van der Waals surface area contributed by atoms with Gasteiger partial charge in [0.05, 0.1) is 0 Å². The van der Waals surface area contributed by atoms with Crippen LogP contribution in [-0.4, -0.2) is 36.5 Å². The van der Waals surface area contributed by atoms with Gasteiger partial charge in [-0.25, -0.2) is 4.39 Å². The molecule has 1 fully saturated rings. The Morgan fingerprint density at radius 3 is 2.79 bits per heavy atom. The molecule has 0 aromatic heterocycles. The normalized spacial score (nSPS) is 16.3. The standard InChI is InChI=1S/C15H21FN2O/c1-2-10-18(14-6-8-17-9-7-14)15(19)12-4-3-5-13(16)11-12/h3-5,11,14,17H,2,6-10H2,1H3. The summed E-state index contributed by atoms with van der Waals surface area (Å²) in [5.74, 6) is -0.402. The molecule has 1 aliphatic rings. The predicted octanol–water partition coefficient (Wildman–Crippen LogP) is 2.43. The third kappa shape index (κ3) is 3.53. The second-order valence-electron chi connectivity index (χ2n) is 4.99. The maximum absolute atomic E-state index is 13.2. The first-order valence-corrected chi connectivity index (χ1v) is 6.99. The molecule has 0 atom stereocenters. The Balaban J connectivity index is 2.15. The Hall–Kier alpha value is -1.42. The summed E-state index contributed by atoms with van der Waals surface area (Å²) in [6.07, 6.45) is 2.87. The van der Waals surface area contributed by atoms with Crippen LogP contribution in [0.25, 0.3) is 0 Å². The summed E-state index contributed by atoms with van der Waals surface area (Å²) in [6, 6.07) is 6.25. The van der Waals surface area contributed by atoms with Crippen LogP contribution >= 0.6 is 0 Å². The lowest BCUT2D eigenvalue weighted by Gasteiger charge is -2.34. The van der Waals surface area contributed by atoms with Crippen molar-refractivity contribution in [2.75, 3.05) is 19.6 Å². The van der Waals surface area contributed by atoms with Gasteiger partial charge in [0.25, 0.3) is 5.91 Å². The fraction of sp³-hybridized carbons (Fsp3) is 0.533. The van der Waals surface area contributed by atoms with Crippen molar-refractivity contribution in [1.29, 1.82) is 0 Å². The molecule has 0 saturated carbocycles. The minimum Gasteiger partial charge on any atom is -0.336 e. The van der Waals surface area contributed by atoms with Crippen molar-refractivity contribution in [3.8, 4) is 0 Å². The quantitative estimate of drug-likeness (QED) is 0.906. The predicted molar refractivity (Wildman–Crippen MR) is 73.6 cm³/mol. The first kappa shape index (κ1) is 14.0. The summed E-state index contributed by atoms with van der Waals surface area (Å²) < 4.78 is 13.2. The molecule has 1 aliphatic heterocycles. The zero-order chi connectivity index (χ0) is 13.7. The summed E-state index contributed by atoms with van der Waals surface area (Å²) in [5, 5.41) is 3.30. The van der Waals surface area contributed by atoms with Crippen LogP contribution < -0.4 is 5.32 Å². The molecule has 104 valence electrons. The van der Waals surface area contributed by atoms with Crippen LogP contribution in [0.1, 0.15) is 36.5 Å². The first-order valence-electron chi connectivity index (χ1n) is 6.99. The molecule has 1 amide bonds. The van der Waals surface area contributed by atoms with Gasteiger partial charge in [0, 0.05) is 18.2 Å². The monoisotopic (exact) mass is 264 g/mol. The summed E-state index contributed by atoms with van der Waals surface area (Å²) in [4.78, 5) is 14.4. The van der Waals surface area contributed by atoms with Crippen molar-refractivity contribution in [3.05, 3.63) is 35.6 Å². The number of piperidine rings is 1. The van der Waals surface area contributed by atoms with Crippen molar-refractivity contribution < 1.29 is 9.18 Å². The summed E-state index contributed by atoms with van der Waals surface area (Å²) >= 11 is 0. The number of rotatable bonds is 4. The van der Waals surface area contributed by atoms with Gasteiger partial charge in [0.1, 0.15) is 5.82 Å². The number of nitrogens with zero attached hydrogens (tertiary/aromatic N) is 1. The molecule has 0 bridgehead atoms. The number of hydrogen-bond donors (Lipinski definition) is 1. The van der Waals surface area contributed by atoms with Crippen molar-refractivity contribution in [3.63, 3.8) is 0 Å². The number of amides is 1. The summed E-state index contributed by atoms with van der Waals surface area (Å²) in [7, 11) is 0. The van der Waals surface area contributed by atoms with Crippen LogP contribution in [0.3, 0.4) is 0 Å². The topological polar surface area (TPSA) is 32.3 Å². The average molecular weight is 264 g/mol. The van der Waals surface area contributed by atoms with E-state index in [0.717, 1.165) is 38.9 Å². The molecule has 1 N–H and O–H groups in total.